The number of nitrogens with zero attached hydrogens (tertiary/aromatic N) is 4. The van der Waals surface area contributed by atoms with Crippen molar-refractivity contribution in [1.82, 2.24) is 18.3 Å². The van der Waals surface area contributed by atoms with Crippen LogP contribution in [0.1, 0.15) is 25.0 Å². The first kappa shape index (κ1) is 85.3. The van der Waals surface area contributed by atoms with Gasteiger partial charge in [-0.2, -0.15) is 0 Å². The van der Waals surface area contributed by atoms with Gasteiger partial charge in [-0.25, -0.2) is 0 Å². The number of fused-ring (bicyclic) bond motifs is 44. The number of hydrogen-bond acceptors (Lipinski definition) is 0. The third kappa shape index (κ3) is 13.0. The van der Waals surface area contributed by atoms with Crippen molar-refractivity contribution in [2.45, 2.75) is 19.3 Å². The molecule has 149 heavy (non-hydrogen) atoms. The summed E-state index contributed by atoms with van der Waals surface area (Å²) in [7, 11) is 0. The van der Waals surface area contributed by atoms with Crippen molar-refractivity contribution in [2.75, 3.05) is 0 Å². The zero-order valence-electron chi connectivity index (χ0n) is 82.1. The second-order valence-electron chi connectivity index (χ2n) is 40.5. The lowest BCUT2D eigenvalue weighted by molar-refractivity contribution is 0.660. The predicted octanol–water partition coefficient (Wildman–Crippen LogP) is 39.8. The van der Waals surface area contributed by atoms with Gasteiger partial charge in [-0.15, -0.1) is 0 Å². The number of benzene rings is 28. The molecule has 0 saturated heterocycles. The van der Waals surface area contributed by atoms with Gasteiger partial charge >= 0.3 is 0 Å². The summed E-state index contributed by atoms with van der Waals surface area (Å²) in [6.07, 6.45) is 0. The van der Waals surface area contributed by atoms with Crippen molar-refractivity contribution >= 4 is 227 Å². The van der Waals surface area contributed by atoms with Crippen molar-refractivity contribution in [3.05, 3.63) is 545 Å². The molecule has 28 aromatic carbocycles. The lowest BCUT2D eigenvalue weighted by Crippen LogP contribution is -2.15. The van der Waals surface area contributed by atoms with Crippen LogP contribution in [-0.4, -0.2) is 18.3 Å². The van der Waals surface area contributed by atoms with Crippen molar-refractivity contribution in [2.24, 2.45) is 0 Å². The molecule has 0 N–H and O–H groups in total. The van der Waals surface area contributed by atoms with Gasteiger partial charge in [0, 0.05) is 114 Å². The van der Waals surface area contributed by atoms with E-state index in [0.717, 1.165) is 0 Å². The monoisotopic (exact) mass is 1890 g/mol. The first-order chi connectivity index (χ1) is 73.8. The Labute approximate surface area is 859 Å². The van der Waals surface area contributed by atoms with Crippen molar-refractivity contribution in [1.29, 1.82) is 0 Å². The molecule has 0 spiro atoms. The van der Waals surface area contributed by atoms with Crippen LogP contribution in [0.25, 0.3) is 283 Å². The molecule has 33 rings (SSSR count). The molecule has 1 aliphatic carbocycles. The van der Waals surface area contributed by atoms with Crippen LogP contribution in [-0.2, 0) is 5.41 Å². The number of aromatic nitrogens is 4. The molecule has 4 aromatic heterocycles. The average molecular weight is 1890 g/mol. The fraction of sp³-hybridized carbons (Fsp3) is 0.0207. The Morgan fingerprint density at radius 2 is 0.416 bits per heavy atom. The van der Waals surface area contributed by atoms with Crippen LogP contribution < -0.4 is 0 Å². The van der Waals surface area contributed by atoms with Gasteiger partial charge in [-0.05, 0) is 191 Å². The molecule has 0 saturated carbocycles. The maximum atomic E-state index is 2.52. The van der Waals surface area contributed by atoms with E-state index in [2.05, 4.69) is 566 Å². The standard InChI is InChI=1S/C39H27N.2C36H23N.C34H21N/c1-39(2)33-17-9-7-14-28(33)29-22-20-25(23-34(29)39)40-35-18-10-8-16-32(35)37-36-26-12-4-3-11-24(26)19-21-30(36)27-13-5-6-15-31(27)38(37)40;1-2-12-24(13-3-1)26-15-8-10-20-32(26)37-33-21-11-9-19-31(33)35-34-27-16-5-4-14-25(27)22-23-29(34)28-17-6-7-18-30(28)36(35)37;1-2-11-24(12-3-1)26-14-10-15-27(23-26)37-33-20-9-8-19-32(33)35-34-28-16-5-4-13-25(28)21-22-30(34)29-17-6-7-18-31(29)36(35)37;1-3-13-24-22(10-1)12-9-19-30(24)35-31-18-8-7-17-29(31)33-32-25-14-4-2-11-23(25)20-21-27(32)26-15-5-6-16-28(26)34(33)35/h3-23H,1-2H3;2*1-23H;1-21H. The SMILES string of the molecule is CC1(C)c2ccccc2-c2ccc(-n3c4ccccc4c4c5c6ccccc6ccc5c5ccccc5c43)cc21.c1ccc(-c2cccc(-n3c4ccccc4c4c5c6ccccc6ccc5c5ccccc5c43)c2)cc1.c1ccc(-c2ccccc2-n2c3ccccc3c3c4c5ccccc5ccc4c4ccccc4c32)cc1.c1ccc2c(-n3c4ccccc4c4c5c6ccccc6ccc5c5ccccc5c43)cccc2c1. The van der Waals surface area contributed by atoms with E-state index in [0.29, 0.717) is 0 Å². The Kier molecular flexibility index (Phi) is 19.4. The van der Waals surface area contributed by atoms with Gasteiger partial charge in [-0.3, -0.25) is 0 Å². The fourth-order valence-corrected chi connectivity index (χ4v) is 26.0. The zero-order chi connectivity index (χ0) is 98.2. The molecular weight excluding hydrogens is 1800 g/mol. The van der Waals surface area contributed by atoms with Gasteiger partial charge in [0.25, 0.3) is 0 Å². The molecule has 0 radical (unpaired) electrons. The molecule has 4 heteroatoms. The summed E-state index contributed by atoms with van der Waals surface area (Å²) in [4.78, 5) is 0. The van der Waals surface area contributed by atoms with E-state index in [1.807, 2.05) is 0 Å². The maximum absolute atomic E-state index is 2.52. The fourth-order valence-electron chi connectivity index (χ4n) is 26.0. The zero-order valence-corrected chi connectivity index (χ0v) is 82.1. The average Bonchev–Trinajstić information content (AvgIpc) is 1.55. The summed E-state index contributed by atoms with van der Waals surface area (Å²) in [5.74, 6) is 0. The summed E-state index contributed by atoms with van der Waals surface area (Å²) in [5, 5.41) is 44.2. The van der Waals surface area contributed by atoms with E-state index >= 15 is 0 Å². The molecule has 0 aliphatic heterocycles. The lowest BCUT2D eigenvalue weighted by atomic mass is 9.82. The molecule has 0 bridgehead atoms. The van der Waals surface area contributed by atoms with Crippen LogP contribution in [0.2, 0.25) is 0 Å². The smallest absolute Gasteiger partial charge is 0.0626 e. The second-order valence-corrected chi connectivity index (χ2v) is 40.5. The van der Waals surface area contributed by atoms with Crippen LogP contribution in [0.5, 0.6) is 0 Å². The molecular formula is C145H94N4. The summed E-state index contributed by atoms with van der Waals surface area (Å²) in [5.41, 5.74) is 25.2. The van der Waals surface area contributed by atoms with Gasteiger partial charge in [0.1, 0.15) is 0 Å². The summed E-state index contributed by atoms with van der Waals surface area (Å²) >= 11 is 0. The number of rotatable bonds is 6. The van der Waals surface area contributed by atoms with Gasteiger partial charge in [0.05, 0.1) is 55.5 Å². The first-order valence-electron chi connectivity index (χ1n) is 51.9. The van der Waals surface area contributed by atoms with Crippen molar-refractivity contribution in [3.8, 4) is 56.1 Å². The Bertz CT molecular complexity index is 11200. The second kappa shape index (κ2) is 34.0. The highest BCUT2D eigenvalue weighted by molar-refractivity contribution is 6.42. The Morgan fingerprint density at radius 3 is 0.839 bits per heavy atom. The predicted molar refractivity (Wildman–Crippen MR) is 639 cm³/mol. The summed E-state index contributed by atoms with van der Waals surface area (Å²) in [6.45, 7) is 4.73. The van der Waals surface area contributed by atoms with Crippen LogP contribution in [0.15, 0.2) is 534 Å². The molecule has 0 fully saturated rings. The molecule has 0 atom stereocenters. The van der Waals surface area contributed by atoms with Crippen LogP contribution in [0.3, 0.4) is 0 Å². The number of hydrogen-bond donors (Lipinski definition) is 0. The van der Waals surface area contributed by atoms with E-state index < -0.39 is 0 Å². The third-order valence-corrected chi connectivity index (χ3v) is 32.4. The third-order valence-electron chi connectivity index (χ3n) is 32.4. The summed E-state index contributed by atoms with van der Waals surface area (Å²) < 4.78 is 9.99. The minimum atomic E-state index is -0.0499. The Balaban J connectivity index is 0.0000000916. The molecule has 32 aromatic rings. The van der Waals surface area contributed by atoms with E-state index in [1.165, 1.54) is 295 Å². The maximum Gasteiger partial charge on any atom is 0.0626 e. The van der Waals surface area contributed by atoms with Crippen LogP contribution in [0, 0.1) is 0 Å². The minimum Gasteiger partial charge on any atom is -0.309 e. The Hall–Kier alpha value is -19.3. The van der Waals surface area contributed by atoms with Crippen molar-refractivity contribution < 1.29 is 0 Å². The number of para-hydroxylation sites is 5. The van der Waals surface area contributed by atoms with E-state index in [1.54, 1.807) is 0 Å². The molecule has 0 amide bonds. The highest BCUT2D eigenvalue weighted by Crippen LogP contribution is 2.55. The molecule has 4 heterocycles. The minimum absolute atomic E-state index is 0.0499. The highest BCUT2D eigenvalue weighted by Gasteiger charge is 2.37. The van der Waals surface area contributed by atoms with Gasteiger partial charge in [0.2, 0.25) is 0 Å². The Morgan fingerprint density at radius 1 is 0.141 bits per heavy atom. The van der Waals surface area contributed by atoms with Gasteiger partial charge < -0.3 is 18.3 Å². The first-order valence-corrected chi connectivity index (χ1v) is 51.9. The van der Waals surface area contributed by atoms with E-state index in [9.17, 15) is 0 Å². The van der Waals surface area contributed by atoms with Gasteiger partial charge in [-0.1, -0.05) is 487 Å². The van der Waals surface area contributed by atoms with Crippen LogP contribution in [0.4, 0.5) is 0 Å². The van der Waals surface area contributed by atoms with E-state index in [4.69, 9.17) is 0 Å². The molecule has 694 valence electrons. The largest absolute Gasteiger partial charge is 0.309 e. The summed E-state index contributed by atoms with van der Waals surface area (Å²) in [6, 6.07) is 195. The molecule has 1 aliphatic rings. The molecule has 0 unspecified atom stereocenters. The quantitative estimate of drug-likeness (QED) is 0.148. The topological polar surface area (TPSA) is 19.7 Å². The normalized spacial score (nSPS) is 12.4. The lowest BCUT2D eigenvalue weighted by Gasteiger charge is -2.22. The van der Waals surface area contributed by atoms with Crippen molar-refractivity contribution in [3.63, 3.8) is 0 Å². The van der Waals surface area contributed by atoms with E-state index in [-0.39, 0.29) is 5.41 Å². The highest BCUT2D eigenvalue weighted by atomic mass is 15.0. The van der Waals surface area contributed by atoms with Gasteiger partial charge in [0.15, 0.2) is 0 Å². The van der Waals surface area contributed by atoms with Crippen LogP contribution >= 0.6 is 0 Å². The molecule has 4 nitrogen and oxygen atoms in total.